The van der Waals surface area contributed by atoms with Crippen LogP contribution >= 0.6 is 0 Å². The van der Waals surface area contributed by atoms with E-state index in [0.717, 1.165) is 17.0 Å². The molecule has 0 atom stereocenters. The Morgan fingerprint density at radius 3 is 2.56 bits per heavy atom. The van der Waals surface area contributed by atoms with Crippen molar-refractivity contribution in [3.05, 3.63) is 53.3 Å². The fourth-order valence-electron chi connectivity index (χ4n) is 1.57. The van der Waals surface area contributed by atoms with Crippen molar-refractivity contribution in [2.45, 2.75) is 20.4 Å². The molecule has 2 rings (SSSR count). The highest BCUT2D eigenvalue weighted by Gasteiger charge is 1.97. The summed E-state index contributed by atoms with van der Waals surface area (Å²) in [4.78, 5) is 0. The number of rotatable bonds is 1. The maximum absolute atomic E-state index is 4.36. The number of benzene rings is 1. The van der Waals surface area contributed by atoms with Gasteiger partial charge in [-0.2, -0.15) is 5.10 Å². The molecule has 16 heavy (non-hydrogen) atoms. The zero-order chi connectivity index (χ0) is 11.4. The normalized spacial score (nSPS) is 9.62. The van der Waals surface area contributed by atoms with Crippen LogP contribution in [0.1, 0.15) is 17.0 Å². The van der Waals surface area contributed by atoms with Crippen LogP contribution in [0.3, 0.4) is 0 Å². The van der Waals surface area contributed by atoms with E-state index in [1.54, 1.807) is 0 Å². The second-order valence-corrected chi connectivity index (χ2v) is 3.75. The smallest absolute Gasteiger partial charge is 0.102 e. The highest BCUT2D eigenvalue weighted by atomic mass is 15.3. The average Bonchev–Trinajstić information content (AvgIpc) is 2.59. The lowest BCUT2D eigenvalue weighted by molar-refractivity contribution is 0.684. The van der Waals surface area contributed by atoms with E-state index in [1.165, 1.54) is 0 Å². The van der Waals surface area contributed by atoms with Crippen LogP contribution < -0.4 is 0 Å². The first-order valence-electron chi connectivity index (χ1n) is 5.31. The van der Waals surface area contributed by atoms with Gasteiger partial charge in [-0.3, -0.25) is 4.68 Å². The zero-order valence-electron chi connectivity index (χ0n) is 9.57. The van der Waals surface area contributed by atoms with Gasteiger partial charge in [-0.05, 0) is 32.0 Å². The molecule has 0 spiro atoms. The first-order chi connectivity index (χ1) is 7.75. The van der Waals surface area contributed by atoms with E-state index in [0.29, 0.717) is 6.54 Å². The van der Waals surface area contributed by atoms with Crippen LogP contribution in [0, 0.1) is 25.7 Å². The van der Waals surface area contributed by atoms with Crippen molar-refractivity contribution in [3.8, 4) is 11.8 Å². The minimum absolute atomic E-state index is 0.647. The zero-order valence-corrected chi connectivity index (χ0v) is 9.57. The van der Waals surface area contributed by atoms with Gasteiger partial charge in [0.25, 0.3) is 0 Å². The molecule has 0 bridgehead atoms. The van der Waals surface area contributed by atoms with Gasteiger partial charge in [-0.15, -0.1) is 0 Å². The summed E-state index contributed by atoms with van der Waals surface area (Å²) in [5.74, 6) is 6.24. The molecule has 80 valence electrons. The number of nitrogens with zero attached hydrogens (tertiary/aromatic N) is 2. The highest BCUT2D eigenvalue weighted by molar-refractivity contribution is 5.33. The molecule has 1 heterocycles. The fourth-order valence-corrected chi connectivity index (χ4v) is 1.57. The summed E-state index contributed by atoms with van der Waals surface area (Å²) in [5, 5.41) is 4.36. The molecule has 0 N–H and O–H groups in total. The largest absolute Gasteiger partial charge is 0.258 e. The van der Waals surface area contributed by atoms with E-state index in [9.17, 15) is 0 Å². The van der Waals surface area contributed by atoms with Gasteiger partial charge in [0.1, 0.15) is 6.54 Å². The van der Waals surface area contributed by atoms with E-state index < -0.39 is 0 Å². The highest BCUT2D eigenvalue weighted by Crippen LogP contribution is 2.01. The van der Waals surface area contributed by atoms with Crippen molar-refractivity contribution in [3.63, 3.8) is 0 Å². The molecular formula is C14H14N2. The Kier molecular flexibility index (Phi) is 3.07. The molecule has 0 saturated carbocycles. The topological polar surface area (TPSA) is 17.8 Å². The average molecular weight is 210 g/mol. The predicted octanol–water partition coefficient (Wildman–Crippen LogP) is 2.55. The number of hydrogen-bond donors (Lipinski definition) is 0. The Morgan fingerprint density at radius 2 is 1.94 bits per heavy atom. The third-order valence-electron chi connectivity index (χ3n) is 2.34. The van der Waals surface area contributed by atoms with Gasteiger partial charge in [0.05, 0.1) is 5.69 Å². The molecule has 0 saturated heterocycles. The molecule has 0 aliphatic carbocycles. The summed E-state index contributed by atoms with van der Waals surface area (Å²) in [5.41, 5.74) is 3.24. The number of aromatic nitrogens is 2. The first-order valence-corrected chi connectivity index (χ1v) is 5.31. The van der Waals surface area contributed by atoms with E-state index in [1.807, 2.05) is 48.9 Å². The second-order valence-electron chi connectivity index (χ2n) is 3.75. The summed E-state index contributed by atoms with van der Waals surface area (Å²) < 4.78 is 1.92. The van der Waals surface area contributed by atoms with Crippen LogP contribution in [-0.2, 0) is 6.54 Å². The Hall–Kier alpha value is -2.01. The molecule has 0 aliphatic heterocycles. The number of hydrogen-bond acceptors (Lipinski definition) is 1. The van der Waals surface area contributed by atoms with Gasteiger partial charge < -0.3 is 0 Å². The molecule has 2 heteroatoms. The molecule has 0 aliphatic rings. The fraction of sp³-hybridized carbons (Fsp3) is 0.214. The molecular weight excluding hydrogens is 196 g/mol. The Labute approximate surface area is 95.9 Å². The lowest BCUT2D eigenvalue weighted by Crippen LogP contribution is -2.00. The van der Waals surface area contributed by atoms with E-state index in [2.05, 4.69) is 23.0 Å². The van der Waals surface area contributed by atoms with Gasteiger partial charge in [-0.1, -0.05) is 30.0 Å². The minimum atomic E-state index is 0.647. The van der Waals surface area contributed by atoms with Crippen LogP contribution in [0.4, 0.5) is 0 Å². The van der Waals surface area contributed by atoms with Gasteiger partial charge in [0.15, 0.2) is 0 Å². The maximum atomic E-state index is 4.36. The van der Waals surface area contributed by atoms with Crippen LogP contribution in [0.5, 0.6) is 0 Å². The molecule has 1 aromatic carbocycles. The van der Waals surface area contributed by atoms with Crippen molar-refractivity contribution >= 4 is 0 Å². The van der Waals surface area contributed by atoms with Crippen LogP contribution in [-0.4, -0.2) is 9.78 Å². The van der Waals surface area contributed by atoms with Crippen molar-refractivity contribution in [2.24, 2.45) is 0 Å². The summed E-state index contributed by atoms with van der Waals surface area (Å²) in [6.45, 7) is 4.69. The van der Waals surface area contributed by atoms with Gasteiger partial charge in [0.2, 0.25) is 0 Å². The third kappa shape index (κ3) is 2.52. The first kappa shape index (κ1) is 10.5. The van der Waals surface area contributed by atoms with Crippen molar-refractivity contribution in [2.75, 3.05) is 0 Å². The molecule has 0 fully saturated rings. The summed E-state index contributed by atoms with van der Waals surface area (Å²) in [6.07, 6.45) is 0. The molecule has 2 nitrogen and oxygen atoms in total. The quantitative estimate of drug-likeness (QED) is 0.661. The predicted molar refractivity (Wildman–Crippen MR) is 65.0 cm³/mol. The second kappa shape index (κ2) is 4.67. The van der Waals surface area contributed by atoms with E-state index >= 15 is 0 Å². The molecule has 0 radical (unpaired) electrons. The Morgan fingerprint density at radius 1 is 1.19 bits per heavy atom. The van der Waals surface area contributed by atoms with Gasteiger partial charge >= 0.3 is 0 Å². The van der Waals surface area contributed by atoms with Crippen LogP contribution in [0.25, 0.3) is 0 Å². The molecule has 2 aromatic rings. The van der Waals surface area contributed by atoms with Gasteiger partial charge in [0, 0.05) is 11.3 Å². The maximum Gasteiger partial charge on any atom is 0.102 e. The third-order valence-corrected chi connectivity index (χ3v) is 2.34. The van der Waals surface area contributed by atoms with Crippen molar-refractivity contribution in [1.29, 1.82) is 0 Å². The van der Waals surface area contributed by atoms with Crippen LogP contribution in [0.2, 0.25) is 0 Å². The lowest BCUT2D eigenvalue weighted by atomic mass is 10.2. The Bertz CT molecular complexity index is 527. The van der Waals surface area contributed by atoms with Crippen molar-refractivity contribution < 1.29 is 0 Å². The number of aryl methyl sites for hydroxylation is 2. The summed E-state index contributed by atoms with van der Waals surface area (Å²) in [6, 6.07) is 12.1. The van der Waals surface area contributed by atoms with Crippen molar-refractivity contribution in [1.82, 2.24) is 9.78 Å². The standard InChI is InChI=1S/C14H14N2/c1-12-11-13(2)16(15-12)10-6-9-14-7-4-3-5-8-14/h3-5,7-8,11H,10H2,1-2H3. The monoisotopic (exact) mass is 210 g/mol. The SMILES string of the molecule is Cc1cc(C)n(CC#Cc2ccccc2)n1. The minimum Gasteiger partial charge on any atom is -0.258 e. The Balaban J connectivity index is 2.08. The van der Waals surface area contributed by atoms with Crippen LogP contribution in [0.15, 0.2) is 36.4 Å². The molecule has 0 amide bonds. The summed E-state index contributed by atoms with van der Waals surface area (Å²) in [7, 11) is 0. The van der Waals surface area contributed by atoms with E-state index in [-0.39, 0.29) is 0 Å². The molecule has 1 aromatic heterocycles. The summed E-state index contributed by atoms with van der Waals surface area (Å²) >= 11 is 0. The lowest BCUT2D eigenvalue weighted by Gasteiger charge is -1.96. The van der Waals surface area contributed by atoms with E-state index in [4.69, 9.17) is 0 Å². The van der Waals surface area contributed by atoms with Gasteiger partial charge in [-0.25, -0.2) is 0 Å². The molecule has 0 unspecified atom stereocenters.